The molecule has 0 aromatic carbocycles. The van der Waals surface area contributed by atoms with Crippen molar-refractivity contribution in [2.75, 3.05) is 17.7 Å². The van der Waals surface area contributed by atoms with Crippen LogP contribution in [-0.4, -0.2) is 18.1 Å². The summed E-state index contributed by atoms with van der Waals surface area (Å²) in [6.07, 6.45) is -1.36. The standard InChI is InChI=1S/C13H20F3N3/c1-4-5-6-9(2)18-12-8-10(13(14,15)16)7-11(17-3)19-12/h7-9H,4-6H2,1-3H3,(H2,17,18,19). The molecule has 3 nitrogen and oxygen atoms in total. The third kappa shape index (κ3) is 4.96. The third-order valence-electron chi connectivity index (χ3n) is 2.79. The fourth-order valence-corrected chi connectivity index (χ4v) is 1.73. The summed E-state index contributed by atoms with van der Waals surface area (Å²) in [5.41, 5.74) is -0.697. The summed E-state index contributed by atoms with van der Waals surface area (Å²) in [4.78, 5) is 4.09. The van der Waals surface area contributed by atoms with Gasteiger partial charge in [-0.05, 0) is 25.5 Å². The first-order valence-electron chi connectivity index (χ1n) is 6.40. The Morgan fingerprint density at radius 3 is 2.42 bits per heavy atom. The van der Waals surface area contributed by atoms with Gasteiger partial charge in [0.1, 0.15) is 11.6 Å². The fraction of sp³-hybridized carbons (Fsp3) is 0.615. The van der Waals surface area contributed by atoms with Crippen molar-refractivity contribution in [3.8, 4) is 0 Å². The van der Waals surface area contributed by atoms with Crippen LogP contribution in [0.1, 0.15) is 38.7 Å². The van der Waals surface area contributed by atoms with Crippen LogP contribution < -0.4 is 10.6 Å². The molecule has 0 amide bonds. The smallest absolute Gasteiger partial charge is 0.373 e. The van der Waals surface area contributed by atoms with E-state index in [0.29, 0.717) is 0 Å². The average Bonchev–Trinajstić information content (AvgIpc) is 2.34. The van der Waals surface area contributed by atoms with Gasteiger partial charge in [0.2, 0.25) is 0 Å². The maximum Gasteiger partial charge on any atom is 0.416 e. The van der Waals surface area contributed by atoms with Crippen molar-refractivity contribution in [2.45, 2.75) is 45.3 Å². The maximum atomic E-state index is 12.7. The zero-order valence-electron chi connectivity index (χ0n) is 11.4. The van der Waals surface area contributed by atoms with E-state index >= 15 is 0 Å². The summed E-state index contributed by atoms with van der Waals surface area (Å²) in [6.45, 7) is 4.02. The normalized spacial score (nSPS) is 13.2. The number of unbranched alkanes of at least 4 members (excludes halogenated alkanes) is 1. The number of nitrogens with zero attached hydrogens (tertiary/aromatic N) is 1. The van der Waals surface area contributed by atoms with Crippen molar-refractivity contribution in [3.63, 3.8) is 0 Å². The van der Waals surface area contributed by atoms with E-state index in [1.165, 1.54) is 0 Å². The predicted octanol–water partition coefficient (Wildman–Crippen LogP) is 4.13. The van der Waals surface area contributed by atoms with E-state index in [4.69, 9.17) is 0 Å². The van der Waals surface area contributed by atoms with Crippen LogP contribution >= 0.6 is 0 Å². The van der Waals surface area contributed by atoms with E-state index in [9.17, 15) is 13.2 Å². The van der Waals surface area contributed by atoms with Gasteiger partial charge < -0.3 is 10.6 Å². The highest BCUT2D eigenvalue weighted by Gasteiger charge is 2.31. The Hall–Kier alpha value is -1.46. The Morgan fingerprint density at radius 1 is 1.26 bits per heavy atom. The Balaban J connectivity index is 2.88. The lowest BCUT2D eigenvalue weighted by atomic mass is 10.1. The summed E-state index contributed by atoms with van der Waals surface area (Å²) >= 11 is 0. The van der Waals surface area contributed by atoms with Gasteiger partial charge in [0.15, 0.2) is 0 Å². The Kier molecular flexibility index (Phi) is 5.44. The molecule has 0 bridgehead atoms. The number of nitrogens with one attached hydrogen (secondary N) is 2. The fourth-order valence-electron chi connectivity index (χ4n) is 1.73. The molecule has 1 atom stereocenters. The third-order valence-corrected chi connectivity index (χ3v) is 2.79. The molecule has 1 heterocycles. The molecule has 0 saturated heterocycles. The molecule has 19 heavy (non-hydrogen) atoms. The van der Waals surface area contributed by atoms with Crippen LogP contribution in [-0.2, 0) is 6.18 Å². The van der Waals surface area contributed by atoms with Crippen LogP contribution in [0.15, 0.2) is 12.1 Å². The summed E-state index contributed by atoms with van der Waals surface area (Å²) in [6, 6.07) is 2.14. The highest BCUT2D eigenvalue weighted by Crippen LogP contribution is 2.32. The van der Waals surface area contributed by atoms with Gasteiger partial charge in [-0.15, -0.1) is 0 Å². The number of rotatable bonds is 6. The SMILES string of the molecule is CCCCC(C)Nc1cc(C(F)(F)F)cc(NC)n1. The van der Waals surface area contributed by atoms with Crippen molar-refractivity contribution >= 4 is 11.6 Å². The highest BCUT2D eigenvalue weighted by atomic mass is 19.4. The Bertz CT molecular complexity index is 405. The van der Waals surface area contributed by atoms with Crippen LogP contribution in [0.3, 0.4) is 0 Å². The van der Waals surface area contributed by atoms with Gasteiger partial charge in [0, 0.05) is 13.1 Å². The number of pyridine rings is 1. The molecule has 1 rings (SSSR count). The lowest BCUT2D eigenvalue weighted by molar-refractivity contribution is -0.137. The molecule has 0 spiro atoms. The lowest BCUT2D eigenvalue weighted by Crippen LogP contribution is -2.17. The number of hydrogen-bond acceptors (Lipinski definition) is 3. The van der Waals surface area contributed by atoms with E-state index in [1.54, 1.807) is 7.05 Å². The van der Waals surface area contributed by atoms with Gasteiger partial charge >= 0.3 is 6.18 Å². The van der Waals surface area contributed by atoms with E-state index in [2.05, 4.69) is 22.5 Å². The lowest BCUT2D eigenvalue weighted by Gasteiger charge is -2.16. The molecule has 1 aromatic heterocycles. The van der Waals surface area contributed by atoms with Gasteiger partial charge in [-0.1, -0.05) is 19.8 Å². The molecule has 0 aliphatic rings. The first-order valence-corrected chi connectivity index (χ1v) is 6.40. The first kappa shape index (κ1) is 15.6. The molecule has 6 heteroatoms. The molecule has 108 valence electrons. The minimum absolute atomic E-state index is 0.0978. The second-order valence-corrected chi connectivity index (χ2v) is 4.56. The van der Waals surface area contributed by atoms with E-state index < -0.39 is 11.7 Å². The second kappa shape index (κ2) is 6.63. The number of alkyl halides is 3. The Labute approximate surface area is 111 Å². The minimum atomic E-state index is -4.36. The zero-order chi connectivity index (χ0) is 14.5. The number of aromatic nitrogens is 1. The first-order chi connectivity index (χ1) is 8.86. The van der Waals surface area contributed by atoms with E-state index in [1.807, 2.05) is 6.92 Å². The zero-order valence-corrected chi connectivity index (χ0v) is 11.4. The van der Waals surface area contributed by atoms with Gasteiger partial charge in [0.25, 0.3) is 0 Å². The quantitative estimate of drug-likeness (QED) is 0.819. The summed E-state index contributed by atoms with van der Waals surface area (Å²) in [5.74, 6) is 0.461. The molecular weight excluding hydrogens is 255 g/mol. The van der Waals surface area contributed by atoms with Crippen molar-refractivity contribution < 1.29 is 13.2 Å². The number of anilines is 2. The van der Waals surface area contributed by atoms with Crippen molar-refractivity contribution in [1.29, 1.82) is 0 Å². The van der Waals surface area contributed by atoms with E-state index in [0.717, 1.165) is 31.4 Å². The van der Waals surface area contributed by atoms with Crippen LogP contribution in [0, 0.1) is 0 Å². The predicted molar refractivity (Wildman–Crippen MR) is 71.4 cm³/mol. The van der Waals surface area contributed by atoms with Crippen LogP contribution in [0.25, 0.3) is 0 Å². The number of halogens is 3. The maximum absolute atomic E-state index is 12.7. The molecule has 0 radical (unpaired) electrons. The molecule has 0 aliphatic heterocycles. The van der Waals surface area contributed by atoms with Gasteiger partial charge in [0.05, 0.1) is 5.56 Å². The molecule has 0 saturated carbocycles. The second-order valence-electron chi connectivity index (χ2n) is 4.56. The molecule has 1 aromatic rings. The van der Waals surface area contributed by atoms with E-state index in [-0.39, 0.29) is 17.7 Å². The summed E-state index contributed by atoms with van der Waals surface area (Å²) in [5, 5.41) is 5.66. The average molecular weight is 275 g/mol. The minimum Gasteiger partial charge on any atom is -0.373 e. The molecule has 2 N–H and O–H groups in total. The van der Waals surface area contributed by atoms with Gasteiger partial charge in [-0.2, -0.15) is 13.2 Å². The van der Waals surface area contributed by atoms with Crippen molar-refractivity contribution in [3.05, 3.63) is 17.7 Å². The monoisotopic (exact) mass is 275 g/mol. The topological polar surface area (TPSA) is 37.0 Å². The molecule has 1 unspecified atom stereocenters. The van der Waals surface area contributed by atoms with Crippen molar-refractivity contribution in [2.24, 2.45) is 0 Å². The Morgan fingerprint density at radius 2 is 1.89 bits per heavy atom. The van der Waals surface area contributed by atoms with Gasteiger partial charge in [-0.25, -0.2) is 4.98 Å². The molecular formula is C13H20F3N3. The molecule has 0 aliphatic carbocycles. The van der Waals surface area contributed by atoms with Gasteiger partial charge in [-0.3, -0.25) is 0 Å². The summed E-state index contributed by atoms with van der Waals surface area (Å²) < 4.78 is 38.2. The van der Waals surface area contributed by atoms with Crippen LogP contribution in [0.4, 0.5) is 24.8 Å². The van der Waals surface area contributed by atoms with Crippen LogP contribution in [0.5, 0.6) is 0 Å². The largest absolute Gasteiger partial charge is 0.416 e. The highest BCUT2D eigenvalue weighted by molar-refractivity contribution is 5.49. The summed E-state index contributed by atoms with van der Waals surface area (Å²) in [7, 11) is 1.55. The number of hydrogen-bond donors (Lipinski definition) is 2. The molecule has 0 fully saturated rings. The van der Waals surface area contributed by atoms with Crippen molar-refractivity contribution in [1.82, 2.24) is 4.98 Å². The van der Waals surface area contributed by atoms with Crippen LogP contribution in [0.2, 0.25) is 0 Å².